The second kappa shape index (κ2) is 8.72. The highest BCUT2D eigenvalue weighted by molar-refractivity contribution is 7.80. The topological polar surface area (TPSA) is 62.4 Å². The number of hydrogen-bond acceptors (Lipinski definition) is 3. The molecule has 0 unspecified atom stereocenters. The Balaban J connectivity index is 1.79. The number of halogens is 4. The molecule has 1 amide bonds. The molecule has 2 aromatic rings. The average Bonchev–Trinajstić information content (AvgIpc) is 2.56. The molecular formula is C16H13ClF3N3O2S. The van der Waals surface area contributed by atoms with E-state index in [1.165, 1.54) is 12.1 Å². The second-order valence-electron chi connectivity index (χ2n) is 4.97. The zero-order valence-corrected chi connectivity index (χ0v) is 14.6. The predicted molar refractivity (Wildman–Crippen MR) is 95.8 cm³/mol. The van der Waals surface area contributed by atoms with Crippen LogP contribution in [0, 0.1) is 0 Å². The van der Waals surface area contributed by atoms with Gasteiger partial charge in [0.15, 0.2) is 5.11 Å². The van der Waals surface area contributed by atoms with E-state index in [4.69, 9.17) is 23.8 Å². The van der Waals surface area contributed by atoms with Crippen LogP contribution in [0.3, 0.4) is 0 Å². The molecule has 0 heterocycles. The van der Waals surface area contributed by atoms with Crippen molar-refractivity contribution in [3.63, 3.8) is 0 Å². The molecule has 0 saturated carbocycles. The maximum atomic E-state index is 12.1. The Morgan fingerprint density at radius 1 is 1.08 bits per heavy atom. The van der Waals surface area contributed by atoms with Gasteiger partial charge in [-0.25, -0.2) is 0 Å². The van der Waals surface area contributed by atoms with Crippen LogP contribution in [-0.4, -0.2) is 17.4 Å². The van der Waals surface area contributed by atoms with Gasteiger partial charge in [-0.2, -0.15) is 0 Å². The summed E-state index contributed by atoms with van der Waals surface area (Å²) in [5, 5.41) is 3.24. The molecule has 138 valence electrons. The van der Waals surface area contributed by atoms with Gasteiger partial charge in [0.05, 0.1) is 6.42 Å². The third kappa shape index (κ3) is 6.77. The Kier molecular flexibility index (Phi) is 6.64. The fraction of sp³-hybridized carbons (Fsp3) is 0.125. The van der Waals surface area contributed by atoms with E-state index >= 15 is 0 Å². The fourth-order valence-electron chi connectivity index (χ4n) is 1.89. The van der Waals surface area contributed by atoms with Crippen LogP contribution in [0.1, 0.15) is 5.56 Å². The lowest BCUT2D eigenvalue weighted by molar-refractivity contribution is -0.274. The number of alkyl halides is 3. The van der Waals surface area contributed by atoms with Crippen molar-refractivity contribution in [1.29, 1.82) is 0 Å². The van der Waals surface area contributed by atoms with Gasteiger partial charge in [0.2, 0.25) is 5.91 Å². The Hall–Kier alpha value is -2.52. The highest BCUT2D eigenvalue weighted by Gasteiger charge is 2.30. The maximum absolute atomic E-state index is 12.1. The first-order chi connectivity index (χ1) is 12.2. The van der Waals surface area contributed by atoms with Crippen LogP contribution in [-0.2, 0) is 11.2 Å². The standard InChI is InChI=1S/C16H13ClF3N3O2S/c17-13-4-2-1-3-10(13)9-14(24)22-23-15(26)21-11-5-7-12(8-6-11)25-16(18,19)20/h1-8H,9H2,(H,22,24)(H2,21,23,26). The highest BCUT2D eigenvalue weighted by Crippen LogP contribution is 2.23. The van der Waals surface area contributed by atoms with Crippen LogP contribution in [0.5, 0.6) is 5.75 Å². The van der Waals surface area contributed by atoms with Crippen LogP contribution in [0.25, 0.3) is 0 Å². The molecule has 2 aromatic carbocycles. The van der Waals surface area contributed by atoms with Crippen LogP contribution < -0.4 is 20.9 Å². The minimum absolute atomic E-state index is 0.0543. The highest BCUT2D eigenvalue weighted by atomic mass is 35.5. The molecule has 2 rings (SSSR count). The number of rotatable bonds is 4. The van der Waals surface area contributed by atoms with Gasteiger partial charge in [-0.05, 0) is 48.1 Å². The van der Waals surface area contributed by atoms with Gasteiger partial charge >= 0.3 is 6.36 Å². The Bertz CT molecular complexity index is 785. The fourth-order valence-corrected chi connectivity index (χ4v) is 2.26. The summed E-state index contributed by atoms with van der Waals surface area (Å²) in [6.45, 7) is 0. The largest absolute Gasteiger partial charge is 0.573 e. The molecule has 0 aliphatic heterocycles. The summed E-state index contributed by atoms with van der Waals surface area (Å²) in [7, 11) is 0. The number of ether oxygens (including phenoxy) is 1. The number of amides is 1. The first kappa shape index (κ1) is 19.8. The van der Waals surface area contributed by atoms with E-state index in [1.54, 1.807) is 24.3 Å². The van der Waals surface area contributed by atoms with E-state index in [9.17, 15) is 18.0 Å². The van der Waals surface area contributed by atoms with Gasteiger partial charge in [0.1, 0.15) is 5.75 Å². The van der Waals surface area contributed by atoms with Crippen molar-refractivity contribution in [1.82, 2.24) is 10.9 Å². The summed E-state index contributed by atoms with van der Waals surface area (Å²) in [6.07, 6.45) is -4.70. The summed E-state index contributed by atoms with van der Waals surface area (Å²) in [4.78, 5) is 11.9. The molecule has 26 heavy (non-hydrogen) atoms. The molecule has 10 heteroatoms. The molecule has 0 bridgehead atoms. The third-order valence-corrected chi connectivity index (χ3v) is 3.54. The zero-order valence-electron chi connectivity index (χ0n) is 13.1. The lowest BCUT2D eigenvalue weighted by Crippen LogP contribution is -2.44. The number of carbonyl (C=O) groups is 1. The van der Waals surface area contributed by atoms with Crippen LogP contribution in [0.4, 0.5) is 18.9 Å². The van der Waals surface area contributed by atoms with Crippen molar-refractivity contribution in [2.75, 3.05) is 5.32 Å². The van der Waals surface area contributed by atoms with Gasteiger partial charge in [-0.1, -0.05) is 29.8 Å². The third-order valence-electron chi connectivity index (χ3n) is 2.97. The summed E-state index contributed by atoms with van der Waals surface area (Å²) in [6, 6.07) is 11.9. The first-order valence-electron chi connectivity index (χ1n) is 7.18. The van der Waals surface area contributed by atoms with E-state index in [2.05, 4.69) is 20.9 Å². The molecule has 0 aliphatic rings. The van der Waals surface area contributed by atoms with E-state index in [0.29, 0.717) is 16.3 Å². The quantitative estimate of drug-likeness (QED) is 0.535. The first-order valence-corrected chi connectivity index (χ1v) is 7.96. The Labute approximate surface area is 157 Å². The van der Waals surface area contributed by atoms with Crippen LogP contribution in [0.15, 0.2) is 48.5 Å². The SMILES string of the molecule is O=C(Cc1ccccc1Cl)NNC(=S)Nc1ccc(OC(F)(F)F)cc1. The van der Waals surface area contributed by atoms with Crippen molar-refractivity contribution in [3.8, 4) is 5.75 Å². The normalized spacial score (nSPS) is 10.8. The number of carbonyl (C=O) groups excluding carboxylic acids is 1. The van der Waals surface area contributed by atoms with Gasteiger partial charge in [-0.3, -0.25) is 15.6 Å². The van der Waals surface area contributed by atoms with Crippen molar-refractivity contribution in [2.45, 2.75) is 12.8 Å². The number of thiocarbonyl (C=S) groups is 1. The van der Waals surface area contributed by atoms with Crippen molar-refractivity contribution in [3.05, 3.63) is 59.1 Å². The van der Waals surface area contributed by atoms with Crippen LogP contribution in [0.2, 0.25) is 5.02 Å². The van der Waals surface area contributed by atoms with Gasteiger partial charge < -0.3 is 10.1 Å². The maximum Gasteiger partial charge on any atom is 0.573 e. The molecule has 0 aliphatic carbocycles. The van der Waals surface area contributed by atoms with Gasteiger partial charge in [0.25, 0.3) is 0 Å². The van der Waals surface area contributed by atoms with E-state index in [0.717, 1.165) is 12.1 Å². The molecule has 3 N–H and O–H groups in total. The Morgan fingerprint density at radius 3 is 2.35 bits per heavy atom. The summed E-state index contributed by atoms with van der Waals surface area (Å²) < 4.78 is 40.0. The molecule has 5 nitrogen and oxygen atoms in total. The molecule has 0 aromatic heterocycles. The summed E-state index contributed by atoms with van der Waals surface area (Å²) in [5.41, 5.74) is 5.96. The number of anilines is 1. The molecule has 0 atom stereocenters. The zero-order chi connectivity index (χ0) is 19.2. The smallest absolute Gasteiger partial charge is 0.406 e. The lowest BCUT2D eigenvalue weighted by Gasteiger charge is -2.13. The van der Waals surface area contributed by atoms with E-state index in [-0.39, 0.29) is 23.2 Å². The van der Waals surface area contributed by atoms with Crippen molar-refractivity contribution < 1.29 is 22.7 Å². The number of benzene rings is 2. The van der Waals surface area contributed by atoms with E-state index < -0.39 is 6.36 Å². The second-order valence-corrected chi connectivity index (χ2v) is 5.78. The monoisotopic (exact) mass is 403 g/mol. The average molecular weight is 404 g/mol. The molecule has 0 radical (unpaired) electrons. The molecule has 0 saturated heterocycles. The molecule has 0 spiro atoms. The molecular weight excluding hydrogens is 391 g/mol. The van der Waals surface area contributed by atoms with Gasteiger partial charge in [-0.15, -0.1) is 13.2 Å². The minimum atomic E-state index is -4.75. The lowest BCUT2D eigenvalue weighted by atomic mass is 10.1. The predicted octanol–water partition coefficient (Wildman–Crippen LogP) is 3.80. The van der Waals surface area contributed by atoms with Gasteiger partial charge in [0, 0.05) is 10.7 Å². The number of nitrogens with one attached hydrogen (secondary N) is 3. The number of hydrogen-bond donors (Lipinski definition) is 3. The summed E-state index contributed by atoms with van der Waals surface area (Å²) >= 11 is 11.0. The summed E-state index contributed by atoms with van der Waals surface area (Å²) in [5.74, 6) is -0.717. The van der Waals surface area contributed by atoms with Crippen molar-refractivity contribution >= 4 is 40.5 Å². The number of hydrazine groups is 1. The van der Waals surface area contributed by atoms with E-state index in [1.807, 2.05) is 0 Å². The van der Waals surface area contributed by atoms with Crippen LogP contribution >= 0.6 is 23.8 Å². The molecule has 0 fully saturated rings. The Morgan fingerprint density at radius 2 is 1.73 bits per heavy atom. The van der Waals surface area contributed by atoms with Crippen molar-refractivity contribution in [2.24, 2.45) is 0 Å². The minimum Gasteiger partial charge on any atom is -0.406 e.